The molecule has 0 aliphatic rings. The zero-order chi connectivity index (χ0) is 29.5. The number of nitrogens with one attached hydrogen (secondary N) is 3. The third-order valence-electron chi connectivity index (χ3n) is 6.68. The smallest absolute Gasteiger partial charge is 0.242 e. The summed E-state index contributed by atoms with van der Waals surface area (Å²) < 4.78 is 0. The summed E-state index contributed by atoms with van der Waals surface area (Å²) in [7, 11) is 0. The van der Waals surface area contributed by atoms with Crippen molar-refractivity contribution in [2.45, 2.75) is 39.4 Å². The second-order valence-electron chi connectivity index (χ2n) is 10.5. The predicted octanol–water partition coefficient (Wildman–Crippen LogP) is 7.75. The van der Waals surface area contributed by atoms with E-state index in [0.29, 0.717) is 47.0 Å². The van der Waals surface area contributed by atoms with Crippen molar-refractivity contribution >= 4 is 51.8 Å². The number of benzene rings is 3. The monoisotopic (exact) mass is 598 g/mol. The molecule has 0 fully saturated rings. The van der Waals surface area contributed by atoms with Crippen LogP contribution in [-0.2, 0) is 17.9 Å². The lowest BCUT2D eigenvalue weighted by molar-refractivity contribution is -0.122. The SMILES string of the molecule is CC(C)CC(Nc1cc(-c2cnc3ccccc3c2)nc(NCc2cccc(Cl)c2)n1)C(=O)NCc1ccc(Cl)cc1. The first-order valence-corrected chi connectivity index (χ1v) is 14.6. The molecule has 1 amide bonds. The maximum atomic E-state index is 13.4. The fraction of sp³-hybridized carbons (Fsp3) is 0.212. The van der Waals surface area contributed by atoms with Gasteiger partial charge in [0.2, 0.25) is 11.9 Å². The zero-order valence-electron chi connectivity index (χ0n) is 23.4. The van der Waals surface area contributed by atoms with Gasteiger partial charge in [-0.15, -0.1) is 0 Å². The number of hydrogen-bond donors (Lipinski definition) is 3. The highest BCUT2D eigenvalue weighted by atomic mass is 35.5. The molecule has 42 heavy (non-hydrogen) atoms. The van der Waals surface area contributed by atoms with E-state index in [1.807, 2.05) is 78.9 Å². The standard InChI is InChI=1S/C33H32Cl2N6O/c1-21(2)14-30(32(42)37-18-22-10-12-26(34)13-11-22)39-31-17-29(25-16-24-7-3-4-9-28(24)36-20-25)40-33(41-31)38-19-23-6-5-8-27(35)15-23/h3-13,15-17,20-21,30H,14,18-19H2,1-2H3,(H,37,42)(H2,38,39,40,41). The Morgan fingerprint density at radius 1 is 0.833 bits per heavy atom. The molecule has 0 aliphatic heterocycles. The van der Waals surface area contributed by atoms with Gasteiger partial charge in [-0.1, -0.05) is 79.5 Å². The van der Waals surface area contributed by atoms with Gasteiger partial charge in [-0.3, -0.25) is 9.78 Å². The fourth-order valence-electron chi connectivity index (χ4n) is 4.58. The average molecular weight is 600 g/mol. The minimum Gasteiger partial charge on any atom is -0.358 e. The lowest BCUT2D eigenvalue weighted by atomic mass is 10.0. The van der Waals surface area contributed by atoms with Crippen LogP contribution in [0.4, 0.5) is 11.8 Å². The summed E-state index contributed by atoms with van der Waals surface area (Å²) in [6.45, 7) is 5.06. The molecule has 3 aromatic carbocycles. The van der Waals surface area contributed by atoms with Crippen LogP contribution in [-0.4, -0.2) is 26.9 Å². The summed E-state index contributed by atoms with van der Waals surface area (Å²) in [4.78, 5) is 27.5. The molecule has 0 saturated heterocycles. The van der Waals surface area contributed by atoms with E-state index in [9.17, 15) is 4.79 Å². The summed E-state index contributed by atoms with van der Waals surface area (Å²) >= 11 is 12.2. The van der Waals surface area contributed by atoms with Crippen molar-refractivity contribution in [3.8, 4) is 11.3 Å². The van der Waals surface area contributed by atoms with E-state index in [2.05, 4.69) is 40.8 Å². The van der Waals surface area contributed by atoms with Crippen LogP contribution in [0.25, 0.3) is 22.2 Å². The van der Waals surface area contributed by atoms with Crippen LogP contribution in [0.1, 0.15) is 31.4 Å². The van der Waals surface area contributed by atoms with E-state index in [4.69, 9.17) is 33.2 Å². The minimum atomic E-state index is -0.504. The molecular weight excluding hydrogens is 567 g/mol. The molecule has 0 aliphatic carbocycles. The van der Waals surface area contributed by atoms with E-state index in [0.717, 1.165) is 27.6 Å². The second kappa shape index (κ2) is 13.6. The number of anilines is 2. The molecule has 1 unspecified atom stereocenters. The van der Waals surface area contributed by atoms with Crippen molar-refractivity contribution < 1.29 is 4.79 Å². The minimum absolute atomic E-state index is 0.111. The molecule has 3 N–H and O–H groups in total. The van der Waals surface area contributed by atoms with E-state index >= 15 is 0 Å². The number of amides is 1. The molecule has 5 aromatic rings. The predicted molar refractivity (Wildman–Crippen MR) is 172 cm³/mol. The van der Waals surface area contributed by atoms with Gasteiger partial charge in [-0.05, 0) is 59.9 Å². The van der Waals surface area contributed by atoms with Crippen LogP contribution in [0, 0.1) is 5.92 Å². The van der Waals surface area contributed by atoms with Crippen LogP contribution in [0.15, 0.2) is 91.1 Å². The molecule has 2 aromatic heterocycles. The maximum Gasteiger partial charge on any atom is 0.242 e. The number of aromatic nitrogens is 3. The largest absolute Gasteiger partial charge is 0.358 e. The number of fused-ring (bicyclic) bond motifs is 1. The van der Waals surface area contributed by atoms with Crippen LogP contribution in [0.3, 0.4) is 0 Å². The molecule has 2 heterocycles. The number of carbonyl (C=O) groups excluding carboxylic acids is 1. The van der Waals surface area contributed by atoms with Gasteiger partial charge in [0, 0.05) is 46.3 Å². The third-order valence-corrected chi connectivity index (χ3v) is 7.16. The van der Waals surface area contributed by atoms with Crippen molar-refractivity contribution in [3.63, 3.8) is 0 Å². The van der Waals surface area contributed by atoms with Gasteiger partial charge in [0.05, 0.1) is 11.2 Å². The molecule has 0 radical (unpaired) electrons. The van der Waals surface area contributed by atoms with Gasteiger partial charge in [-0.25, -0.2) is 4.98 Å². The topological polar surface area (TPSA) is 91.8 Å². The third kappa shape index (κ3) is 7.96. The van der Waals surface area contributed by atoms with Gasteiger partial charge in [0.25, 0.3) is 0 Å². The van der Waals surface area contributed by atoms with E-state index in [1.165, 1.54) is 0 Å². The van der Waals surface area contributed by atoms with Crippen molar-refractivity contribution in [3.05, 3.63) is 112 Å². The number of rotatable bonds is 11. The van der Waals surface area contributed by atoms with Crippen molar-refractivity contribution in [2.24, 2.45) is 5.92 Å². The second-order valence-corrected chi connectivity index (χ2v) is 11.4. The first kappa shape index (κ1) is 29.3. The zero-order valence-corrected chi connectivity index (χ0v) is 25.0. The summed E-state index contributed by atoms with van der Waals surface area (Å²) in [5.41, 5.74) is 4.40. The number of carbonyl (C=O) groups is 1. The Balaban J connectivity index is 1.42. The Kier molecular flexibility index (Phi) is 9.52. The molecule has 0 bridgehead atoms. The molecule has 0 spiro atoms. The van der Waals surface area contributed by atoms with E-state index in [1.54, 1.807) is 6.20 Å². The van der Waals surface area contributed by atoms with Crippen LogP contribution in [0.5, 0.6) is 0 Å². The molecule has 1 atom stereocenters. The van der Waals surface area contributed by atoms with Crippen LogP contribution in [0.2, 0.25) is 10.0 Å². The van der Waals surface area contributed by atoms with Gasteiger partial charge < -0.3 is 16.0 Å². The lowest BCUT2D eigenvalue weighted by Gasteiger charge is -2.21. The highest BCUT2D eigenvalue weighted by molar-refractivity contribution is 6.30. The number of hydrogen-bond acceptors (Lipinski definition) is 6. The van der Waals surface area contributed by atoms with Gasteiger partial charge >= 0.3 is 0 Å². The van der Waals surface area contributed by atoms with Crippen LogP contribution < -0.4 is 16.0 Å². The summed E-state index contributed by atoms with van der Waals surface area (Å²) in [5, 5.41) is 12.1. The van der Waals surface area contributed by atoms with Crippen LogP contribution >= 0.6 is 23.2 Å². The molecular formula is C33H32Cl2N6O. The first-order valence-electron chi connectivity index (χ1n) is 13.8. The Hall–Kier alpha value is -4.20. The summed E-state index contributed by atoms with van der Waals surface area (Å²) in [6, 6.07) is 26.4. The molecule has 0 saturated carbocycles. The highest BCUT2D eigenvalue weighted by Crippen LogP contribution is 2.25. The van der Waals surface area contributed by atoms with Crippen molar-refractivity contribution in [1.82, 2.24) is 20.3 Å². The quantitative estimate of drug-likeness (QED) is 0.144. The molecule has 7 nitrogen and oxygen atoms in total. The fourth-order valence-corrected chi connectivity index (χ4v) is 4.92. The number of pyridine rings is 1. The summed E-state index contributed by atoms with van der Waals surface area (Å²) in [6.07, 6.45) is 2.42. The highest BCUT2D eigenvalue weighted by Gasteiger charge is 2.21. The Bertz CT molecular complexity index is 1680. The first-order chi connectivity index (χ1) is 20.3. The normalized spacial score (nSPS) is 11.8. The van der Waals surface area contributed by atoms with Gasteiger partial charge in [0.15, 0.2) is 0 Å². The van der Waals surface area contributed by atoms with Gasteiger partial charge in [-0.2, -0.15) is 4.98 Å². The molecule has 5 rings (SSSR count). The Morgan fingerprint density at radius 2 is 1.64 bits per heavy atom. The van der Waals surface area contributed by atoms with Crippen molar-refractivity contribution in [2.75, 3.05) is 10.6 Å². The number of para-hydroxylation sites is 1. The summed E-state index contributed by atoms with van der Waals surface area (Å²) in [5.74, 6) is 1.12. The molecule has 214 valence electrons. The molecule has 9 heteroatoms. The average Bonchev–Trinajstić information content (AvgIpc) is 2.99. The Labute approximate surface area is 255 Å². The number of halogens is 2. The maximum absolute atomic E-state index is 13.4. The lowest BCUT2D eigenvalue weighted by Crippen LogP contribution is -2.40. The Morgan fingerprint density at radius 3 is 2.43 bits per heavy atom. The van der Waals surface area contributed by atoms with Crippen molar-refractivity contribution in [1.29, 1.82) is 0 Å². The van der Waals surface area contributed by atoms with Gasteiger partial charge in [0.1, 0.15) is 11.9 Å². The van der Waals surface area contributed by atoms with E-state index in [-0.39, 0.29) is 11.8 Å². The number of nitrogens with zero attached hydrogens (tertiary/aromatic N) is 3. The van der Waals surface area contributed by atoms with E-state index < -0.39 is 6.04 Å².